The Balaban J connectivity index is 1.72. The number of benzene rings is 1. The second-order valence-electron chi connectivity index (χ2n) is 6.51. The number of hydrogen-bond donors (Lipinski definition) is 2. The first kappa shape index (κ1) is 17.9. The Bertz CT molecular complexity index is 817. The number of quaternary nitrogens is 1. The van der Waals surface area contributed by atoms with Crippen LogP contribution in [0.25, 0.3) is 0 Å². The molecule has 1 aromatic carbocycles. The molecule has 0 bridgehead atoms. The van der Waals surface area contributed by atoms with E-state index in [9.17, 15) is 14.9 Å². The summed E-state index contributed by atoms with van der Waals surface area (Å²) in [6.45, 7) is 1.23. The molecule has 0 spiro atoms. The maximum absolute atomic E-state index is 12.6. The van der Waals surface area contributed by atoms with Crippen LogP contribution < -0.4 is 15.0 Å². The average Bonchev–Trinajstić information content (AvgIpc) is 3.23. The molecule has 1 aliphatic rings. The summed E-state index contributed by atoms with van der Waals surface area (Å²) in [6, 6.07) is 8.56. The number of aryl methyl sites for hydroxylation is 1. The molecule has 1 aromatic heterocycles. The van der Waals surface area contributed by atoms with E-state index in [2.05, 4.69) is 16.0 Å². The molecule has 1 aliphatic heterocycles. The summed E-state index contributed by atoms with van der Waals surface area (Å²) < 4.78 is 7.29. The molecule has 8 heteroatoms. The standard InChI is InChI=1S/C18H22N4O4/c1-20-9-3-5-15(20)16-6-4-10-21(16)12-18(23)19-14-11-13(22(24)25)7-8-17(14)26-2/h3,5,7-9,11,16H,4,6,10,12H2,1-2H3,(H,19,23)/p+1/t16-/m0/s1. The number of rotatable bonds is 6. The normalized spacial score (nSPS) is 19.3. The molecule has 2 aromatic rings. The van der Waals surface area contributed by atoms with E-state index < -0.39 is 4.92 Å². The third kappa shape index (κ3) is 3.70. The quantitative estimate of drug-likeness (QED) is 0.601. The molecule has 1 unspecified atom stereocenters. The van der Waals surface area contributed by atoms with Crippen LogP contribution >= 0.6 is 0 Å². The van der Waals surface area contributed by atoms with E-state index >= 15 is 0 Å². The number of aromatic nitrogens is 1. The van der Waals surface area contributed by atoms with E-state index in [1.54, 1.807) is 0 Å². The second kappa shape index (κ2) is 7.57. The minimum Gasteiger partial charge on any atom is -0.495 e. The maximum Gasteiger partial charge on any atom is 0.279 e. The van der Waals surface area contributed by atoms with Crippen LogP contribution in [0.5, 0.6) is 5.75 Å². The van der Waals surface area contributed by atoms with Gasteiger partial charge in [0.15, 0.2) is 6.54 Å². The summed E-state index contributed by atoms with van der Waals surface area (Å²) in [5.41, 5.74) is 1.45. The number of non-ortho nitro benzene ring substituents is 1. The van der Waals surface area contributed by atoms with Crippen molar-refractivity contribution in [2.75, 3.05) is 25.5 Å². The number of methoxy groups -OCH3 is 1. The van der Waals surface area contributed by atoms with Gasteiger partial charge in [0.2, 0.25) is 0 Å². The zero-order valence-electron chi connectivity index (χ0n) is 14.9. The fourth-order valence-electron chi connectivity index (χ4n) is 3.62. The van der Waals surface area contributed by atoms with Gasteiger partial charge in [-0.05, 0) is 18.2 Å². The topological polar surface area (TPSA) is 90.8 Å². The van der Waals surface area contributed by atoms with Gasteiger partial charge in [0, 0.05) is 38.2 Å². The highest BCUT2D eigenvalue weighted by Crippen LogP contribution is 2.28. The van der Waals surface area contributed by atoms with E-state index in [4.69, 9.17) is 4.74 Å². The molecule has 2 heterocycles. The molecular weight excluding hydrogens is 336 g/mol. The molecule has 0 saturated carbocycles. The van der Waals surface area contributed by atoms with Crippen LogP contribution in [0.3, 0.4) is 0 Å². The van der Waals surface area contributed by atoms with Gasteiger partial charge >= 0.3 is 0 Å². The van der Waals surface area contributed by atoms with Gasteiger partial charge in [-0.1, -0.05) is 0 Å². The van der Waals surface area contributed by atoms with Crippen molar-refractivity contribution in [2.24, 2.45) is 7.05 Å². The Morgan fingerprint density at radius 3 is 2.92 bits per heavy atom. The lowest BCUT2D eigenvalue weighted by Crippen LogP contribution is -3.11. The Morgan fingerprint density at radius 1 is 1.46 bits per heavy atom. The first-order chi connectivity index (χ1) is 12.5. The lowest BCUT2D eigenvalue weighted by Gasteiger charge is -2.22. The number of nitrogens with one attached hydrogen (secondary N) is 2. The molecule has 138 valence electrons. The third-order valence-corrected chi connectivity index (χ3v) is 4.88. The van der Waals surface area contributed by atoms with Crippen LogP contribution in [-0.2, 0) is 11.8 Å². The largest absolute Gasteiger partial charge is 0.495 e. The molecule has 1 saturated heterocycles. The molecule has 3 rings (SSSR count). The molecule has 2 N–H and O–H groups in total. The Morgan fingerprint density at radius 2 is 2.27 bits per heavy atom. The first-order valence-corrected chi connectivity index (χ1v) is 8.57. The average molecular weight is 359 g/mol. The minimum absolute atomic E-state index is 0.0868. The summed E-state index contributed by atoms with van der Waals surface area (Å²) in [5, 5.41) is 13.7. The SMILES string of the molecule is COc1ccc([N+](=O)[O-])cc1NC(=O)C[NH+]1CCC[C@H]1c1cccn1C. The fraction of sp³-hybridized carbons (Fsp3) is 0.389. The number of carbonyl (C=O) groups excluding carboxylic acids is 1. The van der Waals surface area contributed by atoms with Crippen molar-refractivity contribution in [1.29, 1.82) is 0 Å². The number of nitro benzene ring substituents is 1. The van der Waals surface area contributed by atoms with Crippen LogP contribution in [0.1, 0.15) is 24.6 Å². The Kier molecular flexibility index (Phi) is 5.22. The van der Waals surface area contributed by atoms with Crippen molar-refractivity contribution in [2.45, 2.75) is 18.9 Å². The van der Waals surface area contributed by atoms with Crippen molar-refractivity contribution < 1.29 is 19.4 Å². The highest BCUT2D eigenvalue weighted by atomic mass is 16.6. The van der Waals surface area contributed by atoms with Crippen molar-refractivity contribution in [1.82, 2.24) is 4.57 Å². The molecule has 1 amide bonds. The summed E-state index contributed by atoms with van der Waals surface area (Å²) in [5.74, 6) is 0.222. The van der Waals surface area contributed by atoms with Crippen LogP contribution in [0.4, 0.5) is 11.4 Å². The molecular formula is C18H23N4O4+. The number of nitro groups is 1. The number of ether oxygens (including phenoxy) is 1. The van der Waals surface area contributed by atoms with Gasteiger partial charge < -0.3 is 19.5 Å². The smallest absolute Gasteiger partial charge is 0.279 e. The second-order valence-corrected chi connectivity index (χ2v) is 6.51. The fourth-order valence-corrected chi connectivity index (χ4v) is 3.62. The van der Waals surface area contributed by atoms with Crippen molar-refractivity contribution in [3.05, 3.63) is 52.3 Å². The van der Waals surface area contributed by atoms with Gasteiger partial charge in [0.1, 0.15) is 11.8 Å². The van der Waals surface area contributed by atoms with Crippen LogP contribution in [0, 0.1) is 10.1 Å². The number of nitrogens with zero attached hydrogens (tertiary/aromatic N) is 2. The van der Waals surface area contributed by atoms with Crippen LogP contribution in [0.2, 0.25) is 0 Å². The highest BCUT2D eigenvalue weighted by Gasteiger charge is 2.33. The summed E-state index contributed by atoms with van der Waals surface area (Å²) in [7, 11) is 3.48. The molecule has 1 fully saturated rings. The van der Waals surface area contributed by atoms with E-state index in [1.807, 2.05) is 19.3 Å². The Hall–Kier alpha value is -2.87. The van der Waals surface area contributed by atoms with Gasteiger partial charge in [0.25, 0.3) is 11.6 Å². The highest BCUT2D eigenvalue weighted by molar-refractivity contribution is 5.93. The zero-order valence-corrected chi connectivity index (χ0v) is 14.9. The molecule has 0 radical (unpaired) electrons. The van der Waals surface area contributed by atoms with Crippen molar-refractivity contribution in [3.63, 3.8) is 0 Å². The van der Waals surface area contributed by atoms with E-state index in [0.717, 1.165) is 19.4 Å². The van der Waals surface area contributed by atoms with Gasteiger partial charge in [-0.15, -0.1) is 0 Å². The maximum atomic E-state index is 12.6. The zero-order chi connectivity index (χ0) is 18.7. The van der Waals surface area contributed by atoms with E-state index in [-0.39, 0.29) is 17.6 Å². The Labute approximate surface area is 151 Å². The molecule has 0 aliphatic carbocycles. The molecule has 26 heavy (non-hydrogen) atoms. The summed E-state index contributed by atoms with van der Waals surface area (Å²) in [4.78, 5) is 24.2. The van der Waals surface area contributed by atoms with Crippen LogP contribution in [0.15, 0.2) is 36.5 Å². The number of hydrogen-bond acceptors (Lipinski definition) is 4. The van der Waals surface area contributed by atoms with Crippen molar-refractivity contribution in [3.8, 4) is 5.75 Å². The number of likely N-dealkylation sites (tertiary alicyclic amines) is 1. The third-order valence-electron chi connectivity index (χ3n) is 4.88. The first-order valence-electron chi connectivity index (χ1n) is 8.57. The van der Waals surface area contributed by atoms with Gasteiger partial charge in [-0.25, -0.2) is 0 Å². The predicted molar refractivity (Wildman–Crippen MR) is 96.4 cm³/mol. The summed E-state index contributed by atoms with van der Waals surface area (Å²) >= 11 is 0. The number of amides is 1. The van der Waals surface area contributed by atoms with Gasteiger partial charge in [-0.3, -0.25) is 14.9 Å². The predicted octanol–water partition coefficient (Wildman–Crippen LogP) is 1.30. The number of anilines is 1. The molecule has 8 nitrogen and oxygen atoms in total. The minimum atomic E-state index is -0.494. The van der Waals surface area contributed by atoms with Gasteiger partial charge in [-0.2, -0.15) is 0 Å². The summed E-state index contributed by atoms with van der Waals surface area (Å²) in [6.07, 6.45) is 4.12. The van der Waals surface area contributed by atoms with Gasteiger partial charge in [0.05, 0.1) is 30.0 Å². The lowest BCUT2D eigenvalue weighted by molar-refractivity contribution is -0.910. The monoisotopic (exact) mass is 359 g/mol. The van der Waals surface area contributed by atoms with E-state index in [1.165, 1.54) is 35.9 Å². The van der Waals surface area contributed by atoms with Crippen LogP contribution in [-0.4, -0.2) is 35.6 Å². The van der Waals surface area contributed by atoms with Crippen molar-refractivity contribution >= 4 is 17.3 Å². The molecule has 2 atom stereocenters. The lowest BCUT2D eigenvalue weighted by atomic mass is 10.1. The van der Waals surface area contributed by atoms with E-state index in [0.29, 0.717) is 18.0 Å². The number of carbonyl (C=O) groups is 1.